The van der Waals surface area contributed by atoms with Crippen LogP contribution in [0.5, 0.6) is 0 Å². The molecule has 0 bridgehead atoms. The van der Waals surface area contributed by atoms with E-state index in [4.69, 9.17) is 0 Å². The summed E-state index contributed by atoms with van der Waals surface area (Å²) < 4.78 is 2.77. The quantitative estimate of drug-likeness (QED) is 0.779. The zero-order valence-corrected chi connectivity index (χ0v) is 12.6. The molecule has 19 heavy (non-hydrogen) atoms. The lowest BCUT2D eigenvalue weighted by Crippen LogP contribution is -2.18. The predicted molar refractivity (Wildman–Crippen MR) is 84.2 cm³/mol. The minimum atomic E-state index is 0.346. The number of pyridine rings is 1. The van der Waals surface area contributed by atoms with Crippen molar-refractivity contribution in [2.75, 3.05) is 7.05 Å². The summed E-state index contributed by atoms with van der Waals surface area (Å²) in [7, 11) is 2.02. The normalized spacial score (nSPS) is 12.9. The molecule has 3 rings (SSSR count). The SMILES string of the molecule is CNC(Cc1ncccc1C)c1cc2sccc2s1. The van der Waals surface area contributed by atoms with E-state index in [1.54, 1.807) is 0 Å². The van der Waals surface area contributed by atoms with Gasteiger partial charge in [-0.25, -0.2) is 0 Å². The fourth-order valence-electron chi connectivity index (χ4n) is 2.23. The Balaban J connectivity index is 1.88. The molecule has 0 aromatic carbocycles. The van der Waals surface area contributed by atoms with Crippen LogP contribution in [0.3, 0.4) is 0 Å². The smallest absolute Gasteiger partial charge is 0.0469 e. The number of hydrogen-bond donors (Lipinski definition) is 1. The van der Waals surface area contributed by atoms with Crippen molar-refractivity contribution in [2.45, 2.75) is 19.4 Å². The molecular weight excluding hydrogens is 272 g/mol. The van der Waals surface area contributed by atoms with Crippen LogP contribution in [0.15, 0.2) is 35.8 Å². The molecule has 0 radical (unpaired) electrons. The molecular formula is C15H16N2S2. The second kappa shape index (κ2) is 5.41. The van der Waals surface area contributed by atoms with Crippen LogP contribution in [-0.2, 0) is 6.42 Å². The Morgan fingerprint density at radius 2 is 2.21 bits per heavy atom. The van der Waals surface area contributed by atoms with Crippen molar-refractivity contribution in [3.05, 3.63) is 52.0 Å². The van der Waals surface area contributed by atoms with Crippen LogP contribution in [0, 0.1) is 6.92 Å². The molecule has 0 saturated heterocycles. The Labute approximate surface area is 121 Å². The van der Waals surface area contributed by atoms with E-state index >= 15 is 0 Å². The molecule has 0 aliphatic rings. The van der Waals surface area contributed by atoms with Gasteiger partial charge >= 0.3 is 0 Å². The van der Waals surface area contributed by atoms with Gasteiger partial charge in [-0.05, 0) is 43.1 Å². The van der Waals surface area contributed by atoms with E-state index in [2.05, 4.69) is 40.8 Å². The number of thiophene rings is 2. The first kappa shape index (κ1) is 12.8. The highest BCUT2D eigenvalue weighted by Gasteiger charge is 2.15. The average Bonchev–Trinajstić information content (AvgIpc) is 2.98. The maximum Gasteiger partial charge on any atom is 0.0469 e. The van der Waals surface area contributed by atoms with E-state index in [1.165, 1.54) is 25.5 Å². The molecule has 3 heterocycles. The van der Waals surface area contributed by atoms with Crippen molar-refractivity contribution < 1.29 is 0 Å². The van der Waals surface area contributed by atoms with Gasteiger partial charge < -0.3 is 5.32 Å². The molecule has 1 N–H and O–H groups in total. The molecule has 3 aromatic rings. The molecule has 98 valence electrons. The van der Waals surface area contributed by atoms with Gasteiger partial charge in [-0.3, -0.25) is 4.98 Å². The van der Waals surface area contributed by atoms with E-state index in [9.17, 15) is 0 Å². The number of rotatable bonds is 4. The third-order valence-electron chi connectivity index (χ3n) is 3.37. The Kier molecular flexibility index (Phi) is 3.64. The van der Waals surface area contributed by atoms with Crippen LogP contribution >= 0.6 is 22.7 Å². The second-order valence-electron chi connectivity index (χ2n) is 4.61. The van der Waals surface area contributed by atoms with Gasteiger partial charge in [-0.2, -0.15) is 0 Å². The van der Waals surface area contributed by atoms with Gasteiger partial charge in [0.15, 0.2) is 0 Å². The largest absolute Gasteiger partial charge is 0.312 e. The Bertz CT molecular complexity index is 656. The summed E-state index contributed by atoms with van der Waals surface area (Å²) in [5.41, 5.74) is 2.44. The summed E-state index contributed by atoms with van der Waals surface area (Å²) in [5, 5.41) is 5.57. The Morgan fingerprint density at radius 3 is 2.95 bits per heavy atom. The van der Waals surface area contributed by atoms with E-state index in [1.807, 2.05) is 42.0 Å². The second-order valence-corrected chi connectivity index (χ2v) is 6.67. The minimum absolute atomic E-state index is 0.346. The van der Waals surface area contributed by atoms with Crippen LogP contribution < -0.4 is 5.32 Å². The highest BCUT2D eigenvalue weighted by atomic mass is 32.1. The molecule has 3 aromatic heterocycles. The van der Waals surface area contributed by atoms with Gasteiger partial charge in [0.1, 0.15) is 0 Å². The van der Waals surface area contributed by atoms with Gasteiger partial charge in [-0.15, -0.1) is 22.7 Å². The number of likely N-dealkylation sites (N-methyl/N-ethyl adjacent to an activating group) is 1. The lowest BCUT2D eigenvalue weighted by atomic mass is 10.1. The summed E-state index contributed by atoms with van der Waals surface area (Å²) in [6.07, 6.45) is 2.82. The Hall–Kier alpha value is -1.23. The number of nitrogens with one attached hydrogen (secondary N) is 1. The van der Waals surface area contributed by atoms with Crippen molar-refractivity contribution >= 4 is 32.1 Å². The summed E-state index contributed by atoms with van der Waals surface area (Å²) in [6.45, 7) is 2.13. The standard InChI is InChI=1S/C15H16N2S2/c1-10-4-3-6-17-11(10)8-12(16-2)14-9-15-13(19-14)5-7-18-15/h3-7,9,12,16H,8H2,1-2H3. The van der Waals surface area contributed by atoms with Crippen molar-refractivity contribution in [3.63, 3.8) is 0 Å². The molecule has 2 nitrogen and oxygen atoms in total. The van der Waals surface area contributed by atoms with E-state index in [0.29, 0.717) is 6.04 Å². The molecule has 1 unspecified atom stereocenters. The number of aromatic nitrogens is 1. The van der Waals surface area contributed by atoms with E-state index < -0.39 is 0 Å². The third kappa shape index (κ3) is 2.56. The Morgan fingerprint density at radius 1 is 1.32 bits per heavy atom. The average molecular weight is 288 g/mol. The number of hydrogen-bond acceptors (Lipinski definition) is 4. The van der Waals surface area contributed by atoms with Crippen LogP contribution in [0.1, 0.15) is 22.2 Å². The molecule has 0 saturated carbocycles. The van der Waals surface area contributed by atoms with Crippen LogP contribution in [0.4, 0.5) is 0 Å². The van der Waals surface area contributed by atoms with Crippen LogP contribution in [0.25, 0.3) is 9.40 Å². The predicted octanol–water partition coefficient (Wildman–Crippen LogP) is 4.17. The van der Waals surface area contributed by atoms with Gasteiger partial charge in [0, 0.05) is 38.6 Å². The zero-order valence-electron chi connectivity index (χ0n) is 11.0. The highest BCUT2D eigenvalue weighted by molar-refractivity contribution is 7.26. The summed E-state index contributed by atoms with van der Waals surface area (Å²) >= 11 is 3.69. The maximum atomic E-state index is 4.50. The maximum absolute atomic E-state index is 4.50. The first-order valence-corrected chi connectivity index (χ1v) is 8.02. The molecule has 0 aliphatic carbocycles. The summed E-state index contributed by atoms with van der Waals surface area (Å²) in [6, 6.07) is 8.98. The van der Waals surface area contributed by atoms with Crippen molar-refractivity contribution in [2.24, 2.45) is 0 Å². The lowest BCUT2D eigenvalue weighted by Gasteiger charge is -2.15. The number of fused-ring (bicyclic) bond motifs is 1. The summed E-state index contributed by atoms with van der Waals surface area (Å²) in [5.74, 6) is 0. The van der Waals surface area contributed by atoms with Crippen molar-refractivity contribution in [3.8, 4) is 0 Å². The van der Waals surface area contributed by atoms with Crippen molar-refractivity contribution in [1.29, 1.82) is 0 Å². The fraction of sp³-hybridized carbons (Fsp3) is 0.267. The fourth-order valence-corrected chi connectivity index (χ4v) is 4.46. The van der Waals surface area contributed by atoms with Gasteiger partial charge in [0.05, 0.1) is 0 Å². The first-order chi connectivity index (χ1) is 9.28. The van der Waals surface area contributed by atoms with Gasteiger partial charge in [-0.1, -0.05) is 6.07 Å². The summed E-state index contributed by atoms with van der Waals surface area (Å²) in [4.78, 5) is 5.90. The molecule has 0 amide bonds. The highest BCUT2D eigenvalue weighted by Crippen LogP contribution is 2.34. The first-order valence-electron chi connectivity index (χ1n) is 6.32. The molecule has 0 fully saturated rings. The zero-order chi connectivity index (χ0) is 13.2. The van der Waals surface area contributed by atoms with Gasteiger partial charge in [0.25, 0.3) is 0 Å². The van der Waals surface area contributed by atoms with Crippen LogP contribution in [-0.4, -0.2) is 12.0 Å². The van der Waals surface area contributed by atoms with E-state index in [0.717, 1.165) is 6.42 Å². The molecule has 1 atom stereocenters. The topological polar surface area (TPSA) is 24.9 Å². The van der Waals surface area contributed by atoms with Gasteiger partial charge in [0.2, 0.25) is 0 Å². The molecule has 0 spiro atoms. The van der Waals surface area contributed by atoms with Crippen LogP contribution in [0.2, 0.25) is 0 Å². The van der Waals surface area contributed by atoms with Crippen molar-refractivity contribution in [1.82, 2.24) is 10.3 Å². The third-order valence-corrected chi connectivity index (χ3v) is 5.57. The monoisotopic (exact) mass is 288 g/mol. The van der Waals surface area contributed by atoms with E-state index in [-0.39, 0.29) is 0 Å². The molecule has 0 aliphatic heterocycles. The lowest BCUT2D eigenvalue weighted by molar-refractivity contribution is 0.592. The number of aryl methyl sites for hydroxylation is 1. The minimum Gasteiger partial charge on any atom is -0.312 e. The number of nitrogens with zero attached hydrogens (tertiary/aromatic N) is 1. The molecule has 4 heteroatoms.